The van der Waals surface area contributed by atoms with Crippen LogP contribution >= 0.6 is 11.3 Å². The minimum atomic E-state index is -3.57. The second kappa shape index (κ2) is 7.79. The van der Waals surface area contributed by atoms with E-state index in [4.69, 9.17) is 5.10 Å². The van der Waals surface area contributed by atoms with Crippen LogP contribution in [0.15, 0.2) is 88.8 Å². The van der Waals surface area contributed by atoms with Crippen molar-refractivity contribution in [3.8, 4) is 16.9 Å². The number of hydrogen-bond acceptors (Lipinski definition) is 5. The number of hydrogen-bond donors (Lipinski definition) is 0. The Bertz CT molecular complexity index is 1330. The van der Waals surface area contributed by atoms with Crippen molar-refractivity contribution >= 4 is 27.1 Å². The van der Waals surface area contributed by atoms with Crippen molar-refractivity contribution in [2.45, 2.75) is 12.5 Å². The number of para-hydroxylation sites is 1. The van der Waals surface area contributed by atoms with Crippen LogP contribution in [0.4, 0.5) is 0 Å². The molecule has 4 aromatic rings. The van der Waals surface area contributed by atoms with Crippen LogP contribution in [0.2, 0.25) is 0 Å². The smallest absolute Gasteiger partial charge is 0.240 e. The summed E-state index contributed by atoms with van der Waals surface area (Å²) >= 11 is 1.57. The van der Waals surface area contributed by atoms with E-state index in [-0.39, 0.29) is 0 Å². The molecule has 0 N–H and O–H groups in total. The Hall–Kier alpha value is -3.23. The molecule has 1 aliphatic rings. The first-order valence-electron chi connectivity index (χ1n) is 9.80. The Balaban J connectivity index is 1.65. The normalized spacial score (nSPS) is 16.5. The van der Waals surface area contributed by atoms with E-state index in [0.29, 0.717) is 6.42 Å². The fourth-order valence-corrected chi connectivity index (χ4v) is 5.36. The van der Waals surface area contributed by atoms with E-state index in [1.54, 1.807) is 16.0 Å². The van der Waals surface area contributed by atoms with Crippen LogP contribution in [-0.2, 0) is 10.0 Å². The van der Waals surface area contributed by atoms with Gasteiger partial charge < -0.3 is 0 Å². The molecular weight excluding hydrogens is 428 g/mol. The number of sulfonamides is 1. The number of aromatic nitrogens is 2. The molecule has 1 aliphatic heterocycles. The maximum absolute atomic E-state index is 12.7. The molecule has 2 aromatic heterocycles. The van der Waals surface area contributed by atoms with Crippen LogP contribution in [0.3, 0.4) is 0 Å². The standard InChI is InChI=1S/C23H20N4O2S2/c1-31(28,29)27-22(14-21(24-27)18-12-13-30-16-18)20-15-26(19-10-6-3-7-11-19)25-23(20)17-8-4-2-5-9-17/h2-13,15-16,22H,14H2,1H3/t22-/m0/s1. The average molecular weight is 449 g/mol. The zero-order valence-corrected chi connectivity index (χ0v) is 18.4. The van der Waals surface area contributed by atoms with Gasteiger partial charge in [0.1, 0.15) is 0 Å². The van der Waals surface area contributed by atoms with E-state index >= 15 is 0 Å². The van der Waals surface area contributed by atoms with Gasteiger partial charge in [-0.2, -0.15) is 26.0 Å². The molecule has 1 atom stereocenters. The number of hydrazone groups is 1. The lowest BCUT2D eigenvalue weighted by atomic mass is 9.98. The van der Waals surface area contributed by atoms with Gasteiger partial charge in [-0.15, -0.1) is 0 Å². The van der Waals surface area contributed by atoms with E-state index in [2.05, 4.69) is 5.10 Å². The molecule has 0 amide bonds. The first-order valence-corrected chi connectivity index (χ1v) is 12.6. The highest BCUT2D eigenvalue weighted by molar-refractivity contribution is 7.88. The van der Waals surface area contributed by atoms with Crippen LogP contribution in [0.25, 0.3) is 16.9 Å². The van der Waals surface area contributed by atoms with Crippen LogP contribution in [0.5, 0.6) is 0 Å². The first kappa shape index (κ1) is 19.7. The molecule has 156 valence electrons. The second-order valence-corrected chi connectivity index (χ2v) is 10.0. The molecule has 31 heavy (non-hydrogen) atoms. The molecule has 0 saturated heterocycles. The van der Waals surface area contributed by atoms with Crippen LogP contribution < -0.4 is 0 Å². The summed E-state index contributed by atoms with van der Waals surface area (Å²) in [4.78, 5) is 0. The molecule has 8 heteroatoms. The monoisotopic (exact) mass is 448 g/mol. The minimum Gasteiger partial charge on any atom is -0.240 e. The lowest BCUT2D eigenvalue weighted by Gasteiger charge is -2.21. The zero-order chi connectivity index (χ0) is 21.4. The third-order valence-corrected chi connectivity index (χ3v) is 6.94. The van der Waals surface area contributed by atoms with Gasteiger partial charge in [0.05, 0.1) is 29.4 Å². The van der Waals surface area contributed by atoms with Crippen molar-refractivity contribution in [2.24, 2.45) is 5.10 Å². The van der Waals surface area contributed by atoms with Gasteiger partial charge in [-0.1, -0.05) is 48.5 Å². The van der Waals surface area contributed by atoms with Gasteiger partial charge in [-0.3, -0.25) is 0 Å². The Kier molecular flexibility index (Phi) is 4.95. The summed E-state index contributed by atoms with van der Waals surface area (Å²) in [5, 5.41) is 13.3. The number of thiophene rings is 1. The summed E-state index contributed by atoms with van der Waals surface area (Å²) < 4.78 is 28.3. The maximum Gasteiger partial charge on any atom is 0.247 e. The number of benzene rings is 2. The second-order valence-electron chi connectivity index (χ2n) is 7.39. The maximum atomic E-state index is 12.7. The molecule has 0 unspecified atom stereocenters. The van der Waals surface area contributed by atoms with E-state index in [1.165, 1.54) is 10.7 Å². The Morgan fingerprint density at radius 2 is 1.68 bits per heavy atom. The van der Waals surface area contributed by atoms with Crippen molar-refractivity contribution in [1.29, 1.82) is 0 Å². The van der Waals surface area contributed by atoms with Crippen molar-refractivity contribution in [3.05, 3.63) is 94.8 Å². The molecule has 0 spiro atoms. The lowest BCUT2D eigenvalue weighted by molar-refractivity contribution is 0.375. The fourth-order valence-electron chi connectivity index (χ4n) is 3.79. The Morgan fingerprint density at radius 1 is 0.968 bits per heavy atom. The van der Waals surface area contributed by atoms with Gasteiger partial charge >= 0.3 is 0 Å². The molecule has 0 radical (unpaired) electrons. The summed E-state index contributed by atoms with van der Waals surface area (Å²) in [6, 6.07) is 21.2. The highest BCUT2D eigenvalue weighted by Crippen LogP contribution is 2.39. The molecular formula is C23H20N4O2S2. The van der Waals surface area contributed by atoms with E-state index < -0.39 is 16.1 Å². The summed E-state index contributed by atoms with van der Waals surface area (Å²) in [6.45, 7) is 0. The van der Waals surface area contributed by atoms with Crippen molar-refractivity contribution in [1.82, 2.24) is 14.2 Å². The Labute approximate surface area is 185 Å². The molecule has 0 fully saturated rings. The number of nitrogens with zero attached hydrogens (tertiary/aromatic N) is 4. The van der Waals surface area contributed by atoms with Gasteiger partial charge in [-0.25, -0.2) is 13.1 Å². The summed E-state index contributed by atoms with van der Waals surface area (Å²) in [7, 11) is -3.57. The topological polar surface area (TPSA) is 67.6 Å². The largest absolute Gasteiger partial charge is 0.247 e. The van der Waals surface area contributed by atoms with E-state index in [1.807, 2.05) is 83.7 Å². The highest BCUT2D eigenvalue weighted by Gasteiger charge is 2.37. The predicted molar refractivity (Wildman–Crippen MR) is 124 cm³/mol. The minimum absolute atomic E-state index is 0.461. The van der Waals surface area contributed by atoms with Gasteiger partial charge in [-0.05, 0) is 29.0 Å². The van der Waals surface area contributed by atoms with Crippen molar-refractivity contribution in [3.63, 3.8) is 0 Å². The molecule has 2 aromatic carbocycles. The summed E-state index contributed by atoms with van der Waals surface area (Å²) in [6.07, 6.45) is 3.61. The average Bonchev–Trinajstić information content (AvgIpc) is 3.53. The molecule has 6 nitrogen and oxygen atoms in total. The third kappa shape index (κ3) is 3.80. The first-order chi connectivity index (χ1) is 15.0. The van der Waals surface area contributed by atoms with Gasteiger partial charge in [0.25, 0.3) is 0 Å². The fraction of sp³-hybridized carbons (Fsp3) is 0.130. The van der Waals surface area contributed by atoms with Crippen LogP contribution in [-0.4, -0.2) is 34.6 Å². The van der Waals surface area contributed by atoms with Crippen LogP contribution in [0, 0.1) is 0 Å². The van der Waals surface area contributed by atoms with Crippen molar-refractivity contribution in [2.75, 3.05) is 6.26 Å². The quantitative estimate of drug-likeness (QED) is 0.444. The molecule has 5 rings (SSSR count). The SMILES string of the molecule is CS(=O)(=O)N1N=C(c2ccsc2)C[C@H]1c1cn(-c2ccccc2)nc1-c1ccccc1. The highest BCUT2D eigenvalue weighted by atomic mass is 32.2. The number of rotatable bonds is 5. The molecule has 0 bridgehead atoms. The third-order valence-electron chi connectivity index (χ3n) is 5.24. The van der Waals surface area contributed by atoms with Gasteiger partial charge in [0, 0.05) is 29.3 Å². The van der Waals surface area contributed by atoms with Crippen molar-refractivity contribution < 1.29 is 8.42 Å². The van der Waals surface area contributed by atoms with Crippen LogP contribution in [0.1, 0.15) is 23.6 Å². The molecule has 3 heterocycles. The predicted octanol–water partition coefficient (Wildman–Crippen LogP) is 4.71. The summed E-state index contributed by atoms with van der Waals surface area (Å²) in [5.74, 6) is 0. The Morgan fingerprint density at radius 3 is 2.32 bits per heavy atom. The summed E-state index contributed by atoms with van der Waals surface area (Å²) in [5.41, 5.74) is 5.15. The van der Waals surface area contributed by atoms with E-state index in [9.17, 15) is 8.42 Å². The lowest BCUT2D eigenvalue weighted by Crippen LogP contribution is -2.26. The zero-order valence-electron chi connectivity index (χ0n) is 16.8. The van der Waals surface area contributed by atoms with E-state index in [0.717, 1.165) is 33.8 Å². The molecule has 0 saturated carbocycles. The molecule has 0 aliphatic carbocycles. The van der Waals surface area contributed by atoms with Gasteiger partial charge in [0.15, 0.2) is 0 Å². The van der Waals surface area contributed by atoms with Gasteiger partial charge in [0.2, 0.25) is 10.0 Å².